The zero-order chi connectivity index (χ0) is 16.7. The van der Waals surface area contributed by atoms with Crippen molar-refractivity contribution in [3.63, 3.8) is 0 Å². The normalized spacial score (nSPS) is 16.7. The number of likely N-dealkylation sites (tertiary alicyclic amines) is 1. The molecule has 0 saturated carbocycles. The summed E-state index contributed by atoms with van der Waals surface area (Å²) in [7, 11) is 2.20. The van der Waals surface area contributed by atoms with Crippen LogP contribution in [0.5, 0.6) is 0 Å². The van der Waals surface area contributed by atoms with Gasteiger partial charge in [0.1, 0.15) is 0 Å². The summed E-state index contributed by atoms with van der Waals surface area (Å²) in [5.74, 6) is 1.35. The molecule has 1 fully saturated rings. The largest absolute Gasteiger partial charge is 0.370 e. The number of piperidine rings is 1. The summed E-state index contributed by atoms with van der Waals surface area (Å²) in [6.07, 6.45) is 5.72. The van der Waals surface area contributed by atoms with Gasteiger partial charge in [-0.1, -0.05) is 32.0 Å². The molecule has 0 bridgehead atoms. The van der Waals surface area contributed by atoms with Crippen LogP contribution in [0.4, 0.5) is 5.69 Å². The van der Waals surface area contributed by atoms with E-state index >= 15 is 0 Å². The van der Waals surface area contributed by atoms with Gasteiger partial charge in [0.15, 0.2) is 5.96 Å². The van der Waals surface area contributed by atoms with Crippen molar-refractivity contribution in [1.29, 1.82) is 0 Å². The van der Waals surface area contributed by atoms with Gasteiger partial charge in [-0.25, -0.2) is 0 Å². The Balaban J connectivity index is 0.00000288. The first-order valence-electron chi connectivity index (χ1n) is 9.00. The molecule has 2 rings (SSSR count). The molecule has 1 aromatic carbocycles. The topological polar surface area (TPSA) is 53.6 Å². The lowest BCUT2D eigenvalue weighted by atomic mass is 9.94. The van der Waals surface area contributed by atoms with Crippen LogP contribution in [-0.2, 0) is 12.8 Å². The molecule has 1 aliphatic heterocycles. The molecule has 0 amide bonds. The number of halogens is 1. The van der Waals surface area contributed by atoms with E-state index in [0.29, 0.717) is 5.96 Å². The molecule has 1 saturated heterocycles. The molecule has 136 valence electrons. The van der Waals surface area contributed by atoms with Gasteiger partial charge in [-0.05, 0) is 69.3 Å². The summed E-state index contributed by atoms with van der Waals surface area (Å²) in [5, 5.41) is 3.35. The highest BCUT2D eigenvalue weighted by molar-refractivity contribution is 14.0. The number of guanidine groups is 1. The van der Waals surface area contributed by atoms with Gasteiger partial charge in [0.25, 0.3) is 0 Å². The fraction of sp³-hybridized carbons (Fsp3) is 0.632. The third-order valence-electron chi connectivity index (χ3n) is 4.91. The summed E-state index contributed by atoms with van der Waals surface area (Å²) < 4.78 is 0. The molecule has 5 heteroatoms. The Morgan fingerprint density at radius 3 is 2.33 bits per heavy atom. The number of rotatable bonds is 6. The molecular formula is C19H33IN4. The molecule has 1 aromatic rings. The zero-order valence-corrected chi connectivity index (χ0v) is 17.7. The number of anilines is 1. The van der Waals surface area contributed by atoms with Crippen molar-refractivity contribution >= 4 is 35.6 Å². The second kappa shape index (κ2) is 10.9. The van der Waals surface area contributed by atoms with Crippen molar-refractivity contribution in [3.8, 4) is 0 Å². The smallest absolute Gasteiger partial charge is 0.193 e. The van der Waals surface area contributed by atoms with Gasteiger partial charge in [0.2, 0.25) is 0 Å². The maximum atomic E-state index is 6.12. The summed E-state index contributed by atoms with van der Waals surface area (Å²) in [5.41, 5.74) is 9.88. The quantitative estimate of drug-likeness (QED) is 0.398. The summed E-state index contributed by atoms with van der Waals surface area (Å²) >= 11 is 0. The minimum absolute atomic E-state index is 0. The molecule has 0 radical (unpaired) electrons. The lowest BCUT2D eigenvalue weighted by Gasteiger charge is -2.28. The number of aliphatic imine (C=N–C) groups is 1. The van der Waals surface area contributed by atoms with E-state index in [-0.39, 0.29) is 24.0 Å². The van der Waals surface area contributed by atoms with Crippen LogP contribution in [-0.4, -0.2) is 37.5 Å². The SMILES string of the molecule is CCc1cccc(CC)c1NC(N)=NCCC1CCN(C)CC1.I. The lowest BCUT2D eigenvalue weighted by Crippen LogP contribution is -2.30. The Kier molecular flexibility index (Phi) is 9.66. The van der Waals surface area contributed by atoms with E-state index in [1.807, 2.05) is 0 Å². The highest BCUT2D eigenvalue weighted by atomic mass is 127. The van der Waals surface area contributed by atoms with E-state index in [9.17, 15) is 0 Å². The van der Waals surface area contributed by atoms with Crippen LogP contribution in [0.1, 0.15) is 44.2 Å². The van der Waals surface area contributed by atoms with Gasteiger partial charge in [-0.2, -0.15) is 0 Å². The fourth-order valence-corrected chi connectivity index (χ4v) is 3.29. The summed E-state index contributed by atoms with van der Waals surface area (Å²) in [6, 6.07) is 6.44. The zero-order valence-electron chi connectivity index (χ0n) is 15.3. The average Bonchev–Trinajstić information content (AvgIpc) is 2.57. The summed E-state index contributed by atoms with van der Waals surface area (Å²) in [4.78, 5) is 6.96. The van der Waals surface area contributed by atoms with Crippen molar-refractivity contribution in [3.05, 3.63) is 29.3 Å². The van der Waals surface area contributed by atoms with Gasteiger partial charge < -0.3 is 16.0 Å². The Morgan fingerprint density at radius 2 is 1.79 bits per heavy atom. The van der Waals surface area contributed by atoms with Crippen LogP contribution in [0.15, 0.2) is 23.2 Å². The highest BCUT2D eigenvalue weighted by Gasteiger charge is 2.16. The third kappa shape index (κ3) is 6.24. The van der Waals surface area contributed by atoms with Crippen molar-refractivity contribution in [2.75, 3.05) is 32.0 Å². The van der Waals surface area contributed by atoms with E-state index in [2.05, 4.69) is 54.3 Å². The number of benzene rings is 1. The lowest BCUT2D eigenvalue weighted by molar-refractivity contribution is 0.214. The maximum absolute atomic E-state index is 6.12. The second-order valence-corrected chi connectivity index (χ2v) is 6.59. The van der Waals surface area contributed by atoms with Crippen molar-refractivity contribution in [2.24, 2.45) is 16.6 Å². The molecule has 24 heavy (non-hydrogen) atoms. The molecule has 1 aliphatic rings. The van der Waals surface area contributed by atoms with Crippen LogP contribution >= 0.6 is 24.0 Å². The fourth-order valence-electron chi connectivity index (χ4n) is 3.29. The van der Waals surface area contributed by atoms with Crippen molar-refractivity contribution < 1.29 is 0 Å². The number of hydrogen-bond acceptors (Lipinski definition) is 2. The predicted molar refractivity (Wildman–Crippen MR) is 116 cm³/mol. The van der Waals surface area contributed by atoms with E-state index in [4.69, 9.17) is 5.73 Å². The molecule has 0 spiro atoms. The minimum Gasteiger partial charge on any atom is -0.370 e. The maximum Gasteiger partial charge on any atom is 0.193 e. The second-order valence-electron chi connectivity index (χ2n) is 6.59. The summed E-state index contributed by atoms with van der Waals surface area (Å²) in [6.45, 7) is 7.60. The van der Waals surface area contributed by atoms with Crippen LogP contribution in [0, 0.1) is 5.92 Å². The van der Waals surface area contributed by atoms with E-state index in [1.54, 1.807) is 0 Å². The number of nitrogens with one attached hydrogen (secondary N) is 1. The standard InChI is InChI=1S/C19H32N4.HI/c1-4-16-7-6-8-17(5-2)18(16)22-19(20)21-12-9-15-10-13-23(3)14-11-15;/h6-8,15H,4-5,9-14H2,1-3H3,(H3,20,21,22);1H. The van der Waals surface area contributed by atoms with Crippen LogP contribution in [0.25, 0.3) is 0 Å². The molecular weight excluding hydrogens is 411 g/mol. The molecule has 0 unspecified atom stereocenters. The van der Waals surface area contributed by atoms with E-state index < -0.39 is 0 Å². The number of aryl methyl sites for hydroxylation is 2. The monoisotopic (exact) mass is 444 g/mol. The minimum atomic E-state index is 0. The van der Waals surface area contributed by atoms with E-state index in [1.165, 1.54) is 37.1 Å². The van der Waals surface area contributed by atoms with Crippen LogP contribution in [0.2, 0.25) is 0 Å². The van der Waals surface area contributed by atoms with Gasteiger partial charge in [0.05, 0.1) is 0 Å². The first-order chi connectivity index (χ1) is 11.1. The van der Waals surface area contributed by atoms with E-state index in [0.717, 1.165) is 37.4 Å². The Labute approximate surface area is 164 Å². The predicted octanol–water partition coefficient (Wildman–Crippen LogP) is 3.89. The highest BCUT2D eigenvalue weighted by Crippen LogP contribution is 2.22. The number of para-hydroxylation sites is 1. The Bertz CT molecular complexity index is 500. The molecule has 0 aromatic heterocycles. The van der Waals surface area contributed by atoms with Crippen LogP contribution < -0.4 is 11.1 Å². The Hall–Kier alpha value is -0.820. The molecule has 1 heterocycles. The van der Waals surface area contributed by atoms with Gasteiger partial charge in [-0.15, -0.1) is 24.0 Å². The molecule has 0 aliphatic carbocycles. The Morgan fingerprint density at radius 1 is 1.21 bits per heavy atom. The van der Waals surface area contributed by atoms with Crippen molar-refractivity contribution in [1.82, 2.24) is 4.90 Å². The molecule has 3 N–H and O–H groups in total. The number of hydrogen-bond donors (Lipinski definition) is 2. The van der Waals surface area contributed by atoms with Gasteiger partial charge >= 0.3 is 0 Å². The molecule has 4 nitrogen and oxygen atoms in total. The van der Waals surface area contributed by atoms with Gasteiger partial charge in [0, 0.05) is 12.2 Å². The van der Waals surface area contributed by atoms with Crippen LogP contribution in [0.3, 0.4) is 0 Å². The molecule has 0 atom stereocenters. The number of nitrogens with two attached hydrogens (primary N) is 1. The average molecular weight is 444 g/mol. The van der Waals surface area contributed by atoms with Crippen molar-refractivity contribution in [2.45, 2.75) is 46.0 Å². The van der Waals surface area contributed by atoms with Gasteiger partial charge in [-0.3, -0.25) is 4.99 Å². The third-order valence-corrected chi connectivity index (χ3v) is 4.91. The first-order valence-corrected chi connectivity index (χ1v) is 9.00. The first kappa shape index (κ1) is 21.2. The number of nitrogens with zero attached hydrogens (tertiary/aromatic N) is 2.